The lowest BCUT2D eigenvalue weighted by Gasteiger charge is -2.06. The number of phenolic OH excluding ortho intramolecular Hbond substituents is 1. The molecule has 0 spiro atoms. The summed E-state index contributed by atoms with van der Waals surface area (Å²) in [7, 11) is 3.04. The summed E-state index contributed by atoms with van der Waals surface area (Å²) in [6.45, 7) is 0. The Morgan fingerprint density at radius 2 is 1.65 bits per heavy atom. The summed E-state index contributed by atoms with van der Waals surface area (Å²) in [6.07, 6.45) is 0. The molecule has 88 valence electrons. The average molecular weight is 232 g/mol. The Balaban J connectivity index is 2.50. The van der Waals surface area contributed by atoms with Gasteiger partial charge in [-0.25, -0.2) is 0 Å². The van der Waals surface area contributed by atoms with Gasteiger partial charge in [0.1, 0.15) is 5.75 Å². The summed E-state index contributed by atoms with van der Waals surface area (Å²) in [5.74, 6) is 1.43. The molecule has 1 aromatic carbocycles. The fourth-order valence-electron chi connectivity index (χ4n) is 1.39. The Hall–Kier alpha value is -2.30. The summed E-state index contributed by atoms with van der Waals surface area (Å²) in [4.78, 5) is 8.37. The van der Waals surface area contributed by atoms with Crippen molar-refractivity contribution in [2.24, 2.45) is 0 Å². The second-order valence-electron chi connectivity index (χ2n) is 3.33. The number of nitrogens with zero attached hydrogens (tertiary/aromatic N) is 2. The molecule has 0 atom stereocenters. The highest BCUT2D eigenvalue weighted by atomic mass is 16.5. The van der Waals surface area contributed by atoms with Gasteiger partial charge in [-0.05, 0) is 12.1 Å². The van der Waals surface area contributed by atoms with E-state index in [-0.39, 0.29) is 5.75 Å². The zero-order valence-electron chi connectivity index (χ0n) is 9.54. The van der Waals surface area contributed by atoms with Gasteiger partial charge in [-0.1, -0.05) is 12.1 Å². The lowest BCUT2D eigenvalue weighted by molar-refractivity contribution is 0.372. The van der Waals surface area contributed by atoms with Crippen molar-refractivity contribution in [3.05, 3.63) is 30.3 Å². The van der Waals surface area contributed by atoms with E-state index in [9.17, 15) is 5.11 Å². The molecule has 1 heterocycles. The van der Waals surface area contributed by atoms with Crippen molar-refractivity contribution in [3.63, 3.8) is 0 Å². The van der Waals surface area contributed by atoms with Crippen LogP contribution in [0.15, 0.2) is 30.3 Å². The van der Waals surface area contributed by atoms with Crippen LogP contribution >= 0.6 is 0 Å². The highest BCUT2D eigenvalue weighted by Gasteiger charge is 2.07. The third-order valence-electron chi connectivity index (χ3n) is 2.20. The summed E-state index contributed by atoms with van der Waals surface area (Å²) >= 11 is 0. The smallest absolute Gasteiger partial charge is 0.220 e. The van der Waals surface area contributed by atoms with Crippen LogP contribution in [0.3, 0.4) is 0 Å². The first-order valence-corrected chi connectivity index (χ1v) is 4.99. The van der Waals surface area contributed by atoms with Crippen LogP contribution in [0.5, 0.6) is 17.5 Å². The minimum Gasteiger partial charge on any atom is -0.508 e. The van der Waals surface area contributed by atoms with Crippen molar-refractivity contribution >= 4 is 0 Å². The number of ether oxygens (including phenoxy) is 2. The summed E-state index contributed by atoms with van der Waals surface area (Å²) in [6, 6.07) is 8.27. The quantitative estimate of drug-likeness (QED) is 0.875. The zero-order valence-corrected chi connectivity index (χ0v) is 9.54. The molecule has 2 rings (SSSR count). The van der Waals surface area contributed by atoms with Crippen molar-refractivity contribution in [3.8, 4) is 28.9 Å². The number of rotatable bonds is 3. The topological polar surface area (TPSA) is 64.5 Å². The van der Waals surface area contributed by atoms with Gasteiger partial charge in [0, 0.05) is 5.56 Å². The summed E-state index contributed by atoms with van der Waals surface area (Å²) in [5, 5.41) is 9.41. The second-order valence-corrected chi connectivity index (χ2v) is 3.33. The van der Waals surface area contributed by atoms with Gasteiger partial charge < -0.3 is 14.6 Å². The van der Waals surface area contributed by atoms with Gasteiger partial charge in [0.15, 0.2) is 5.82 Å². The molecule has 5 heteroatoms. The molecule has 17 heavy (non-hydrogen) atoms. The summed E-state index contributed by atoms with van der Waals surface area (Å²) < 4.78 is 10.1. The first-order valence-electron chi connectivity index (χ1n) is 4.99. The van der Waals surface area contributed by atoms with E-state index in [0.717, 1.165) is 0 Å². The molecule has 0 unspecified atom stereocenters. The highest BCUT2D eigenvalue weighted by Crippen LogP contribution is 2.24. The largest absolute Gasteiger partial charge is 0.508 e. The predicted molar refractivity (Wildman–Crippen MR) is 62.2 cm³/mol. The molecule has 1 N–H and O–H groups in total. The number of methoxy groups -OCH3 is 2. The van der Waals surface area contributed by atoms with Crippen molar-refractivity contribution in [1.82, 2.24) is 9.97 Å². The van der Waals surface area contributed by atoms with E-state index in [1.54, 1.807) is 30.3 Å². The van der Waals surface area contributed by atoms with Crippen LogP contribution in [0.1, 0.15) is 0 Å². The van der Waals surface area contributed by atoms with Crippen molar-refractivity contribution < 1.29 is 14.6 Å². The molecule has 0 bridgehead atoms. The van der Waals surface area contributed by atoms with Crippen molar-refractivity contribution in [2.45, 2.75) is 0 Å². The molecule has 0 aliphatic heterocycles. The van der Waals surface area contributed by atoms with Gasteiger partial charge in [0.05, 0.1) is 20.3 Å². The number of benzene rings is 1. The monoisotopic (exact) mass is 232 g/mol. The van der Waals surface area contributed by atoms with E-state index in [4.69, 9.17) is 9.47 Å². The van der Waals surface area contributed by atoms with Gasteiger partial charge >= 0.3 is 0 Å². The Bertz CT molecular complexity index is 507. The van der Waals surface area contributed by atoms with E-state index in [1.807, 2.05) is 0 Å². The minimum absolute atomic E-state index is 0.160. The lowest BCUT2D eigenvalue weighted by Crippen LogP contribution is -1.96. The molecule has 0 saturated heterocycles. The average Bonchev–Trinajstić information content (AvgIpc) is 2.38. The van der Waals surface area contributed by atoms with E-state index >= 15 is 0 Å². The van der Waals surface area contributed by atoms with Crippen LogP contribution in [-0.2, 0) is 0 Å². The molecular formula is C12H12N2O3. The number of phenols is 1. The minimum atomic E-state index is 0.160. The molecule has 5 nitrogen and oxygen atoms in total. The fourth-order valence-corrected chi connectivity index (χ4v) is 1.39. The van der Waals surface area contributed by atoms with Crippen LogP contribution in [0, 0.1) is 0 Å². The van der Waals surface area contributed by atoms with Gasteiger partial charge in [0.25, 0.3) is 0 Å². The molecule has 2 aromatic rings. The van der Waals surface area contributed by atoms with E-state index < -0.39 is 0 Å². The third kappa shape index (κ3) is 2.44. The molecule has 0 aliphatic rings. The molecule has 0 fully saturated rings. The van der Waals surface area contributed by atoms with Crippen LogP contribution in [-0.4, -0.2) is 29.3 Å². The van der Waals surface area contributed by atoms with E-state index in [0.29, 0.717) is 23.1 Å². The number of hydrogen-bond acceptors (Lipinski definition) is 5. The van der Waals surface area contributed by atoms with E-state index in [2.05, 4.69) is 9.97 Å². The zero-order chi connectivity index (χ0) is 12.3. The number of aromatic hydroxyl groups is 1. The lowest BCUT2D eigenvalue weighted by atomic mass is 10.2. The van der Waals surface area contributed by atoms with Crippen LogP contribution in [0.2, 0.25) is 0 Å². The van der Waals surface area contributed by atoms with Crippen molar-refractivity contribution in [1.29, 1.82) is 0 Å². The Morgan fingerprint density at radius 3 is 2.18 bits per heavy atom. The third-order valence-corrected chi connectivity index (χ3v) is 2.20. The normalized spacial score (nSPS) is 10.0. The number of aromatic nitrogens is 2. The molecular weight excluding hydrogens is 220 g/mol. The molecule has 1 aromatic heterocycles. The maximum absolute atomic E-state index is 9.41. The predicted octanol–water partition coefficient (Wildman–Crippen LogP) is 1.87. The molecule has 0 amide bonds. The molecule has 0 radical (unpaired) electrons. The maximum Gasteiger partial charge on any atom is 0.220 e. The Labute approximate surface area is 98.7 Å². The first kappa shape index (κ1) is 11.2. The molecule has 0 saturated carbocycles. The summed E-state index contributed by atoms with van der Waals surface area (Å²) in [5.41, 5.74) is 0.696. The van der Waals surface area contributed by atoms with Gasteiger partial charge in [-0.15, -0.1) is 0 Å². The van der Waals surface area contributed by atoms with Gasteiger partial charge in [0.2, 0.25) is 11.8 Å². The fraction of sp³-hybridized carbons (Fsp3) is 0.167. The van der Waals surface area contributed by atoms with E-state index in [1.165, 1.54) is 14.2 Å². The maximum atomic E-state index is 9.41. The van der Waals surface area contributed by atoms with Gasteiger partial charge in [-0.3, -0.25) is 0 Å². The van der Waals surface area contributed by atoms with Gasteiger partial charge in [-0.2, -0.15) is 9.97 Å². The second kappa shape index (κ2) is 4.69. The SMILES string of the molecule is COc1cc(OC)nc(-c2cccc(O)c2)n1. The first-order chi connectivity index (χ1) is 8.22. The standard InChI is InChI=1S/C12H12N2O3/c1-16-10-7-11(17-2)14-12(13-10)8-4-3-5-9(15)6-8/h3-7,15H,1-2H3. The molecule has 0 aliphatic carbocycles. The van der Waals surface area contributed by atoms with Crippen LogP contribution < -0.4 is 9.47 Å². The van der Waals surface area contributed by atoms with Crippen molar-refractivity contribution in [2.75, 3.05) is 14.2 Å². The Morgan fingerprint density at radius 1 is 1.00 bits per heavy atom. The van der Waals surface area contributed by atoms with Crippen LogP contribution in [0.4, 0.5) is 0 Å². The highest BCUT2D eigenvalue weighted by molar-refractivity contribution is 5.58. The number of hydrogen-bond donors (Lipinski definition) is 1. The Kier molecular flexibility index (Phi) is 3.09. The van der Waals surface area contributed by atoms with Crippen LogP contribution in [0.25, 0.3) is 11.4 Å².